The van der Waals surface area contributed by atoms with E-state index in [4.69, 9.17) is 10.5 Å². The fourth-order valence-electron chi connectivity index (χ4n) is 2.95. The number of aromatic nitrogens is 2. The quantitative estimate of drug-likeness (QED) is 0.434. The van der Waals surface area contributed by atoms with Gasteiger partial charge in [-0.3, -0.25) is 4.79 Å². The van der Waals surface area contributed by atoms with Gasteiger partial charge in [0.1, 0.15) is 28.0 Å². The molecule has 1 aromatic heterocycles. The molecule has 3 N–H and O–H groups in total. The van der Waals surface area contributed by atoms with Crippen LogP contribution in [0.5, 0.6) is 5.75 Å². The molecule has 170 valence electrons. The van der Waals surface area contributed by atoms with Crippen molar-refractivity contribution in [2.45, 2.75) is 33.2 Å². The molecular weight excluding hydrogens is 468 g/mol. The highest BCUT2D eigenvalue weighted by molar-refractivity contribution is 8.00. The number of carbonyl (C=O) groups excluding carboxylic acids is 1. The van der Waals surface area contributed by atoms with Crippen molar-refractivity contribution < 1.29 is 17.9 Å². The Labute approximate surface area is 195 Å². The number of hydrogen-bond donors (Lipinski definition) is 2. The van der Waals surface area contributed by atoms with Gasteiger partial charge >= 0.3 is 0 Å². The van der Waals surface area contributed by atoms with Gasteiger partial charge in [0.05, 0.1) is 12.0 Å². The number of rotatable bonds is 9. The Morgan fingerprint density at radius 3 is 2.56 bits per heavy atom. The topological polar surface area (TPSA) is 116 Å². The maximum Gasteiger partial charge on any atom is 0.246 e. The molecule has 32 heavy (non-hydrogen) atoms. The molecule has 8 nitrogen and oxygen atoms in total. The molecular formula is C21H24N4O4S3. The van der Waals surface area contributed by atoms with Crippen LogP contribution in [0.15, 0.2) is 68.2 Å². The number of methoxy groups -OCH3 is 1. The molecule has 0 spiro atoms. The van der Waals surface area contributed by atoms with Crippen LogP contribution in [0.2, 0.25) is 0 Å². The molecule has 0 unspecified atom stereocenters. The number of anilines is 2. The molecule has 0 aliphatic carbocycles. The van der Waals surface area contributed by atoms with Gasteiger partial charge in [0.2, 0.25) is 15.7 Å². The van der Waals surface area contributed by atoms with Crippen molar-refractivity contribution in [1.29, 1.82) is 0 Å². The fourth-order valence-corrected chi connectivity index (χ4v) is 5.96. The average molecular weight is 493 g/mol. The zero-order valence-corrected chi connectivity index (χ0v) is 20.3. The summed E-state index contributed by atoms with van der Waals surface area (Å²) >= 11 is 2.82. The number of nitrogen functional groups attached to an aromatic ring is 1. The van der Waals surface area contributed by atoms with Crippen LogP contribution < -0.4 is 15.8 Å². The van der Waals surface area contributed by atoms with Gasteiger partial charge < -0.3 is 15.8 Å². The predicted molar refractivity (Wildman–Crippen MR) is 128 cm³/mol. The van der Waals surface area contributed by atoms with Crippen LogP contribution >= 0.6 is 23.5 Å². The predicted octanol–water partition coefficient (Wildman–Crippen LogP) is 3.78. The van der Waals surface area contributed by atoms with Crippen molar-refractivity contribution in [3.05, 3.63) is 48.5 Å². The minimum absolute atomic E-state index is 0.0702. The maximum atomic E-state index is 13.3. The summed E-state index contributed by atoms with van der Waals surface area (Å²) in [6.07, 6.45) is 1.95. The first-order valence-electron chi connectivity index (χ1n) is 9.62. The number of nitrogens with two attached hydrogens (primary N) is 1. The van der Waals surface area contributed by atoms with E-state index in [0.717, 1.165) is 4.90 Å². The number of carbonyl (C=O) groups is 1. The second-order valence-electron chi connectivity index (χ2n) is 6.57. The molecule has 0 bridgehead atoms. The van der Waals surface area contributed by atoms with Gasteiger partial charge in [-0.15, -0.1) is 23.5 Å². The molecule has 0 fully saturated rings. The number of amides is 1. The second kappa shape index (κ2) is 10.3. The van der Waals surface area contributed by atoms with E-state index in [-0.39, 0.29) is 33.1 Å². The van der Waals surface area contributed by atoms with Crippen LogP contribution in [0.25, 0.3) is 0 Å². The lowest BCUT2D eigenvalue weighted by molar-refractivity contribution is -0.116. The Morgan fingerprint density at radius 1 is 1.22 bits per heavy atom. The van der Waals surface area contributed by atoms with E-state index in [2.05, 4.69) is 10.4 Å². The van der Waals surface area contributed by atoms with E-state index in [9.17, 15) is 13.2 Å². The van der Waals surface area contributed by atoms with Crippen molar-refractivity contribution in [2.75, 3.05) is 30.2 Å². The van der Waals surface area contributed by atoms with Crippen molar-refractivity contribution in [1.82, 2.24) is 9.78 Å². The highest BCUT2D eigenvalue weighted by atomic mass is 32.2. The SMILES string of the molecule is CCSc1nn(CC(=O)Nc2cccc(SC)c2)c(N)c1S(=O)(=O)c1ccc(OC)cc1. The Morgan fingerprint density at radius 2 is 1.94 bits per heavy atom. The first-order valence-corrected chi connectivity index (χ1v) is 13.3. The summed E-state index contributed by atoms with van der Waals surface area (Å²) in [5.41, 5.74) is 6.84. The minimum atomic E-state index is -3.95. The Bertz CT molecular complexity index is 1210. The lowest BCUT2D eigenvalue weighted by Gasteiger charge is -2.09. The first kappa shape index (κ1) is 24.0. The number of sulfone groups is 1. The zero-order chi connectivity index (χ0) is 23.3. The Hall–Kier alpha value is -2.63. The molecule has 0 radical (unpaired) electrons. The molecule has 1 amide bonds. The Kier molecular flexibility index (Phi) is 7.75. The first-order chi connectivity index (χ1) is 15.3. The summed E-state index contributed by atoms with van der Waals surface area (Å²) in [5, 5.41) is 7.39. The minimum Gasteiger partial charge on any atom is -0.497 e. The lowest BCUT2D eigenvalue weighted by atomic mass is 10.3. The summed E-state index contributed by atoms with van der Waals surface area (Å²) in [5.74, 6) is 0.691. The molecule has 2 aromatic carbocycles. The largest absolute Gasteiger partial charge is 0.497 e. The third-order valence-corrected chi connectivity index (χ3v) is 8.02. The summed E-state index contributed by atoms with van der Waals surface area (Å²) in [6, 6.07) is 13.5. The average Bonchev–Trinajstić information content (AvgIpc) is 3.09. The zero-order valence-electron chi connectivity index (χ0n) is 17.9. The van der Waals surface area contributed by atoms with Gasteiger partial charge in [-0.2, -0.15) is 5.10 Å². The van der Waals surface area contributed by atoms with Gasteiger partial charge in [-0.05, 0) is 54.5 Å². The van der Waals surface area contributed by atoms with E-state index in [1.54, 1.807) is 30.0 Å². The van der Waals surface area contributed by atoms with E-state index in [1.807, 2.05) is 31.4 Å². The van der Waals surface area contributed by atoms with Gasteiger partial charge in [0, 0.05) is 10.6 Å². The standard InChI is InChI=1S/C21H24N4O4S3/c1-4-31-21-19(32(27,28)17-10-8-15(29-2)9-11-17)20(22)25(24-21)13-18(26)23-14-6-5-7-16(12-14)30-3/h5-12H,4,13,22H2,1-3H3,(H,23,26). The molecule has 0 aliphatic heterocycles. The van der Waals surface area contributed by atoms with E-state index in [1.165, 1.54) is 35.7 Å². The molecule has 3 aromatic rings. The molecule has 0 aliphatic rings. The summed E-state index contributed by atoms with van der Waals surface area (Å²) in [6.45, 7) is 1.67. The van der Waals surface area contributed by atoms with Gasteiger partial charge in [-0.25, -0.2) is 13.1 Å². The normalized spacial score (nSPS) is 11.3. The van der Waals surface area contributed by atoms with Crippen LogP contribution in [-0.4, -0.2) is 43.2 Å². The fraction of sp³-hybridized carbons (Fsp3) is 0.238. The van der Waals surface area contributed by atoms with Crippen molar-refractivity contribution in [3.63, 3.8) is 0 Å². The monoisotopic (exact) mass is 492 g/mol. The van der Waals surface area contributed by atoms with Crippen LogP contribution in [0.3, 0.4) is 0 Å². The molecule has 11 heteroatoms. The number of benzene rings is 2. The van der Waals surface area contributed by atoms with Crippen LogP contribution in [0.4, 0.5) is 11.5 Å². The summed E-state index contributed by atoms with van der Waals surface area (Å²) < 4.78 is 33.0. The number of nitrogens with zero attached hydrogens (tertiary/aromatic N) is 2. The molecule has 0 atom stereocenters. The summed E-state index contributed by atoms with van der Waals surface area (Å²) in [7, 11) is -2.45. The number of thioether (sulfide) groups is 2. The van der Waals surface area contributed by atoms with E-state index in [0.29, 0.717) is 17.2 Å². The number of ether oxygens (including phenoxy) is 1. The molecule has 0 saturated heterocycles. The van der Waals surface area contributed by atoms with Gasteiger partial charge in [0.15, 0.2) is 0 Å². The van der Waals surface area contributed by atoms with Gasteiger partial charge in [-0.1, -0.05) is 13.0 Å². The van der Waals surface area contributed by atoms with Crippen LogP contribution in [0.1, 0.15) is 6.92 Å². The molecule has 3 rings (SSSR count). The molecule has 1 heterocycles. The molecule has 0 saturated carbocycles. The van der Waals surface area contributed by atoms with E-state index < -0.39 is 9.84 Å². The smallest absolute Gasteiger partial charge is 0.246 e. The number of hydrogen-bond acceptors (Lipinski definition) is 8. The van der Waals surface area contributed by atoms with Crippen molar-refractivity contribution in [3.8, 4) is 5.75 Å². The Balaban J connectivity index is 1.91. The lowest BCUT2D eigenvalue weighted by Crippen LogP contribution is -2.21. The highest BCUT2D eigenvalue weighted by Crippen LogP contribution is 2.35. The van der Waals surface area contributed by atoms with Crippen LogP contribution in [0, 0.1) is 0 Å². The highest BCUT2D eigenvalue weighted by Gasteiger charge is 2.30. The second-order valence-corrected chi connectivity index (χ2v) is 10.6. The van der Waals surface area contributed by atoms with Crippen molar-refractivity contribution in [2.24, 2.45) is 0 Å². The van der Waals surface area contributed by atoms with Crippen molar-refractivity contribution >= 4 is 50.8 Å². The van der Waals surface area contributed by atoms with Gasteiger partial charge in [0.25, 0.3) is 0 Å². The third kappa shape index (κ3) is 5.22. The van der Waals surface area contributed by atoms with Crippen LogP contribution in [-0.2, 0) is 21.2 Å². The van der Waals surface area contributed by atoms with E-state index >= 15 is 0 Å². The third-order valence-electron chi connectivity index (χ3n) is 4.48. The summed E-state index contributed by atoms with van der Waals surface area (Å²) in [4.78, 5) is 13.6. The number of nitrogens with one attached hydrogen (secondary N) is 1. The maximum absolute atomic E-state index is 13.3.